The molecule has 1 fully saturated rings. The topological polar surface area (TPSA) is 92.6 Å². The molecule has 0 unspecified atom stereocenters. The number of benzene rings is 1. The molecular weight excluding hydrogens is 262 g/mol. The van der Waals surface area contributed by atoms with Crippen LogP contribution in [0.1, 0.15) is 29.6 Å². The Bertz CT molecular complexity index is 538. The number of hydrogen-bond acceptors (Lipinski definition) is 4. The number of anilines is 1. The molecule has 7 nitrogen and oxygen atoms in total. The van der Waals surface area contributed by atoms with Gasteiger partial charge in [-0.05, 0) is 25.3 Å². The molecule has 1 aliphatic rings. The van der Waals surface area contributed by atoms with Gasteiger partial charge in [0.05, 0.1) is 4.92 Å². The second-order valence-corrected chi connectivity index (χ2v) is 4.64. The summed E-state index contributed by atoms with van der Waals surface area (Å²) < 4.78 is 0. The summed E-state index contributed by atoms with van der Waals surface area (Å²) in [5, 5.41) is 13.2. The number of nitro groups is 1. The van der Waals surface area contributed by atoms with Crippen molar-refractivity contribution in [2.24, 2.45) is 0 Å². The number of carbonyl (C=O) groups is 2. The lowest BCUT2D eigenvalue weighted by Gasteiger charge is -2.26. The fourth-order valence-corrected chi connectivity index (χ4v) is 2.27. The van der Waals surface area contributed by atoms with Gasteiger partial charge in [0, 0.05) is 36.5 Å². The van der Waals surface area contributed by atoms with Crippen molar-refractivity contribution in [2.45, 2.75) is 19.3 Å². The quantitative estimate of drug-likeness (QED) is 0.516. The lowest BCUT2D eigenvalue weighted by Crippen LogP contribution is -2.35. The summed E-state index contributed by atoms with van der Waals surface area (Å²) in [6.07, 6.45) is 3.41. The monoisotopic (exact) mass is 277 g/mol. The highest BCUT2D eigenvalue weighted by Crippen LogP contribution is 2.23. The summed E-state index contributed by atoms with van der Waals surface area (Å²) in [6.45, 7) is 1.33. The van der Waals surface area contributed by atoms with Crippen molar-refractivity contribution in [3.05, 3.63) is 33.9 Å². The van der Waals surface area contributed by atoms with E-state index >= 15 is 0 Å². The number of nitrogens with zero attached hydrogens (tertiary/aromatic N) is 2. The smallest absolute Gasteiger partial charge is 0.272 e. The highest BCUT2D eigenvalue weighted by atomic mass is 16.6. The van der Waals surface area contributed by atoms with Crippen molar-refractivity contribution in [3.8, 4) is 0 Å². The summed E-state index contributed by atoms with van der Waals surface area (Å²) in [6, 6.07) is 3.92. The van der Waals surface area contributed by atoms with Gasteiger partial charge in [-0.25, -0.2) is 0 Å². The largest absolute Gasteiger partial charge is 0.339 e. The van der Waals surface area contributed by atoms with Crippen LogP contribution in [0.25, 0.3) is 0 Å². The lowest BCUT2D eigenvalue weighted by molar-refractivity contribution is -0.384. The summed E-state index contributed by atoms with van der Waals surface area (Å²) >= 11 is 0. The minimum atomic E-state index is -0.580. The molecular formula is C13H15N3O4. The Morgan fingerprint density at radius 3 is 2.55 bits per heavy atom. The van der Waals surface area contributed by atoms with Crippen LogP contribution in [0, 0.1) is 10.1 Å². The molecule has 1 N–H and O–H groups in total. The number of carbonyl (C=O) groups excluding carboxylic acids is 2. The van der Waals surface area contributed by atoms with Crippen molar-refractivity contribution in [3.63, 3.8) is 0 Å². The molecule has 0 aliphatic carbocycles. The van der Waals surface area contributed by atoms with Crippen LogP contribution in [-0.4, -0.2) is 35.2 Å². The predicted octanol–water partition coefficient (Wildman–Crippen LogP) is 1.79. The highest BCUT2D eigenvalue weighted by Gasteiger charge is 2.21. The van der Waals surface area contributed by atoms with E-state index in [0.29, 0.717) is 19.5 Å². The van der Waals surface area contributed by atoms with E-state index in [9.17, 15) is 19.7 Å². The van der Waals surface area contributed by atoms with Gasteiger partial charge in [-0.1, -0.05) is 0 Å². The zero-order chi connectivity index (χ0) is 14.5. The van der Waals surface area contributed by atoms with Crippen LogP contribution in [0.4, 0.5) is 11.4 Å². The number of rotatable bonds is 4. The van der Waals surface area contributed by atoms with E-state index in [0.717, 1.165) is 19.3 Å². The van der Waals surface area contributed by atoms with E-state index in [2.05, 4.69) is 5.32 Å². The first kappa shape index (κ1) is 14.0. The first-order chi connectivity index (χ1) is 9.61. The van der Waals surface area contributed by atoms with Gasteiger partial charge in [0.2, 0.25) is 6.41 Å². The highest BCUT2D eigenvalue weighted by molar-refractivity contribution is 5.96. The molecule has 1 saturated heterocycles. The molecule has 1 aromatic carbocycles. The molecule has 0 atom stereocenters. The van der Waals surface area contributed by atoms with Crippen molar-refractivity contribution < 1.29 is 14.5 Å². The van der Waals surface area contributed by atoms with E-state index in [1.807, 2.05) is 0 Å². The Labute approximate surface area is 115 Å². The van der Waals surface area contributed by atoms with Gasteiger partial charge in [0.25, 0.3) is 11.6 Å². The minimum Gasteiger partial charge on any atom is -0.339 e. The average Bonchev–Trinajstić information content (AvgIpc) is 2.47. The Morgan fingerprint density at radius 1 is 1.25 bits per heavy atom. The first-order valence-electron chi connectivity index (χ1n) is 6.41. The summed E-state index contributed by atoms with van der Waals surface area (Å²) in [4.78, 5) is 34.8. The predicted molar refractivity (Wildman–Crippen MR) is 72.5 cm³/mol. The molecule has 1 aliphatic heterocycles. The van der Waals surface area contributed by atoms with E-state index in [1.54, 1.807) is 4.90 Å². The Kier molecular flexibility index (Phi) is 4.29. The molecule has 20 heavy (non-hydrogen) atoms. The van der Waals surface area contributed by atoms with Gasteiger partial charge < -0.3 is 10.2 Å². The van der Waals surface area contributed by atoms with Crippen LogP contribution >= 0.6 is 0 Å². The Hall–Kier alpha value is -2.44. The molecule has 0 aromatic heterocycles. The minimum absolute atomic E-state index is 0.211. The molecule has 0 bridgehead atoms. The second kappa shape index (κ2) is 6.14. The second-order valence-electron chi connectivity index (χ2n) is 4.64. The summed E-state index contributed by atoms with van der Waals surface area (Å²) in [5.41, 5.74) is 0.261. The van der Waals surface area contributed by atoms with Crippen LogP contribution < -0.4 is 5.32 Å². The van der Waals surface area contributed by atoms with Gasteiger partial charge in [-0.3, -0.25) is 19.7 Å². The normalized spacial score (nSPS) is 14.7. The molecule has 2 amide bonds. The number of non-ortho nitro benzene ring substituents is 1. The fourth-order valence-electron chi connectivity index (χ4n) is 2.27. The third-order valence-corrected chi connectivity index (χ3v) is 3.24. The van der Waals surface area contributed by atoms with Gasteiger partial charge in [0.1, 0.15) is 0 Å². The molecule has 0 spiro atoms. The molecule has 7 heteroatoms. The van der Waals surface area contributed by atoms with Crippen LogP contribution in [0.5, 0.6) is 0 Å². The number of nitro benzene ring substituents is 1. The molecule has 2 rings (SSSR count). The standard InChI is InChI=1S/C13H15N3O4/c17-9-14-11-6-10(7-12(8-11)16(19)20)13(18)15-4-2-1-3-5-15/h6-9H,1-5H2,(H,14,17). The molecule has 106 valence electrons. The van der Waals surface area contributed by atoms with Crippen molar-refractivity contribution in [1.82, 2.24) is 4.90 Å². The molecule has 0 radical (unpaired) electrons. The summed E-state index contributed by atoms with van der Waals surface area (Å²) in [5.74, 6) is -0.234. The maximum atomic E-state index is 12.3. The lowest BCUT2D eigenvalue weighted by atomic mass is 10.1. The average molecular weight is 277 g/mol. The zero-order valence-corrected chi connectivity index (χ0v) is 10.9. The fraction of sp³-hybridized carbons (Fsp3) is 0.385. The van der Waals surface area contributed by atoms with E-state index in [1.165, 1.54) is 18.2 Å². The van der Waals surface area contributed by atoms with Crippen LogP contribution in [0.2, 0.25) is 0 Å². The van der Waals surface area contributed by atoms with Gasteiger partial charge in [-0.2, -0.15) is 0 Å². The molecule has 1 aromatic rings. The van der Waals surface area contributed by atoms with Crippen molar-refractivity contribution >= 4 is 23.7 Å². The van der Waals surface area contributed by atoms with E-state index < -0.39 is 4.92 Å². The third kappa shape index (κ3) is 3.11. The van der Waals surface area contributed by atoms with Gasteiger partial charge >= 0.3 is 0 Å². The SMILES string of the molecule is O=CNc1cc(C(=O)N2CCCCC2)cc([N+](=O)[O-])c1. The van der Waals surface area contributed by atoms with Crippen LogP contribution in [0.3, 0.4) is 0 Å². The van der Waals surface area contributed by atoms with Crippen molar-refractivity contribution in [1.29, 1.82) is 0 Å². The maximum Gasteiger partial charge on any atom is 0.272 e. The zero-order valence-electron chi connectivity index (χ0n) is 10.9. The van der Waals surface area contributed by atoms with Gasteiger partial charge in [-0.15, -0.1) is 0 Å². The number of nitrogens with one attached hydrogen (secondary N) is 1. The number of piperidine rings is 1. The Morgan fingerprint density at radius 2 is 1.95 bits per heavy atom. The van der Waals surface area contributed by atoms with E-state index in [4.69, 9.17) is 0 Å². The van der Waals surface area contributed by atoms with E-state index in [-0.39, 0.29) is 22.8 Å². The number of hydrogen-bond donors (Lipinski definition) is 1. The van der Waals surface area contributed by atoms with Crippen LogP contribution in [-0.2, 0) is 4.79 Å². The summed E-state index contributed by atoms with van der Waals surface area (Å²) in [7, 11) is 0. The molecule has 0 saturated carbocycles. The Balaban J connectivity index is 2.31. The first-order valence-corrected chi connectivity index (χ1v) is 6.41. The van der Waals surface area contributed by atoms with Crippen LogP contribution in [0.15, 0.2) is 18.2 Å². The number of likely N-dealkylation sites (tertiary alicyclic amines) is 1. The maximum absolute atomic E-state index is 12.3. The van der Waals surface area contributed by atoms with Crippen molar-refractivity contribution in [2.75, 3.05) is 18.4 Å². The molecule has 1 heterocycles. The van der Waals surface area contributed by atoms with Gasteiger partial charge in [0.15, 0.2) is 0 Å². The number of amides is 2. The third-order valence-electron chi connectivity index (χ3n) is 3.24.